The minimum atomic E-state index is 0.0539. The Kier molecular flexibility index (Phi) is 5.22. The second-order valence-corrected chi connectivity index (χ2v) is 8.33. The van der Waals surface area contributed by atoms with Gasteiger partial charge in [-0.2, -0.15) is 0 Å². The number of piperidine rings is 1. The Morgan fingerprint density at radius 2 is 1.74 bits per heavy atom. The van der Waals surface area contributed by atoms with Gasteiger partial charge in [-0.05, 0) is 38.0 Å². The summed E-state index contributed by atoms with van der Waals surface area (Å²) in [6.45, 7) is 13.9. The molecule has 2 amide bonds. The zero-order valence-corrected chi connectivity index (χ0v) is 15.5. The van der Waals surface area contributed by atoms with E-state index in [1.165, 1.54) is 5.57 Å². The van der Waals surface area contributed by atoms with Gasteiger partial charge in [0.15, 0.2) is 0 Å². The fraction of sp³-hybridized carbons (Fsp3) is 0.789. The topological polar surface area (TPSA) is 49.4 Å². The van der Waals surface area contributed by atoms with Crippen molar-refractivity contribution in [1.82, 2.24) is 10.2 Å². The van der Waals surface area contributed by atoms with Gasteiger partial charge < -0.3 is 10.2 Å². The van der Waals surface area contributed by atoms with Gasteiger partial charge in [0.25, 0.3) is 0 Å². The predicted molar refractivity (Wildman–Crippen MR) is 92.8 cm³/mol. The van der Waals surface area contributed by atoms with E-state index in [-0.39, 0.29) is 35.1 Å². The zero-order chi connectivity index (χ0) is 17.4. The molecule has 1 aliphatic heterocycles. The molecular formula is C19H32N2O2. The number of allylic oxidation sites excluding steroid dienone is 2. The molecule has 2 fully saturated rings. The summed E-state index contributed by atoms with van der Waals surface area (Å²) in [4.78, 5) is 26.5. The van der Waals surface area contributed by atoms with E-state index in [1.807, 2.05) is 18.7 Å². The Hall–Kier alpha value is -1.32. The number of amides is 2. The SMILES string of the molecule is CC(C)=C[C@@H]1[C@@H](C(=O)NC2CCN(C(=O)C(C)C)CC2)C1(C)C. The molecule has 0 bridgehead atoms. The van der Waals surface area contributed by atoms with Crippen LogP contribution in [0, 0.1) is 23.2 Å². The molecule has 1 saturated carbocycles. The van der Waals surface area contributed by atoms with Gasteiger partial charge in [-0.25, -0.2) is 0 Å². The molecule has 0 aromatic heterocycles. The van der Waals surface area contributed by atoms with E-state index >= 15 is 0 Å². The van der Waals surface area contributed by atoms with Crippen LogP contribution in [0.4, 0.5) is 0 Å². The van der Waals surface area contributed by atoms with Crippen LogP contribution in [0.3, 0.4) is 0 Å². The third-order valence-electron chi connectivity index (χ3n) is 5.35. The van der Waals surface area contributed by atoms with E-state index in [0.29, 0.717) is 5.92 Å². The molecule has 130 valence electrons. The van der Waals surface area contributed by atoms with Crippen LogP contribution in [0.15, 0.2) is 11.6 Å². The summed E-state index contributed by atoms with van der Waals surface area (Å²) < 4.78 is 0. The monoisotopic (exact) mass is 320 g/mol. The number of hydrogen-bond acceptors (Lipinski definition) is 2. The van der Waals surface area contributed by atoms with Crippen LogP contribution in [0.5, 0.6) is 0 Å². The van der Waals surface area contributed by atoms with E-state index in [0.717, 1.165) is 25.9 Å². The molecule has 2 rings (SSSR count). The van der Waals surface area contributed by atoms with Gasteiger partial charge in [0.1, 0.15) is 0 Å². The first-order chi connectivity index (χ1) is 10.6. The summed E-state index contributed by atoms with van der Waals surface area (Å²) in [6, 6.07) is 0.211. The van der Waals surface area contributed by atoms with Crippen LogP contribution in [0.25, 0.3) is 0 Å². The number of carbonyl (C=O) groups excluding carboxylic acids is 2. The molecule has 4 nitrogen and oxygen atoms in total. The number of hydrogen-bond donors (Lipinski definition) is 1. The molecule has 1 saturated heterocycles. The predicted octanol–water partition coefficient (Wildman–Crippen LogP) is 2.99. The van der Waals surface area contributed by atoms with Gasteiger partial charge in [-0.3, -0.25) is 9.59 Å². The largest absolute Gasteiger partial charge is 0.353 e. The smallest absolute Gasteiger partial charge is 0.225 e. The third kappa shape index (κ3) is 3.96. The van der Waals surface area contributed by atoms with Crippen molar-refractivity contribution < 1.29 is 9.59 Å². The van der Waals surface area contributed by atoms with Crippen LogP contribution in [-0.4, -0.2) is 35.8 Å². The quantitative estimate of drug-likeness (QED) is 0.810. The Morgan fingerprint density at radius 1 is 1.17 bits per heavy atom. The van der Waals surface area contributed by atoms with Gasteiger partial charge in [0.05, 0.1) is 5.92 Å². The average molecular weight is 320 g/mol. The van der Waals surface area contributed by atoms with Gasteiger partial charge in [0.2, 0.25) is 11.8 Å². The van der Waals surface area contributed by atoms with Gasteiger partial charge >= 0.3 is 0 Å². The van der Waals surface area contributed by atoms with Gasteiger partial charge in [0, 0.05) is 25.0 Å². The molecule has 0 aromatic rings. The first kappa shape index (κ1) is 18.0. The molecular weight excluding hydrogens is 288 g/mol. The number of nitrogens with one attached hydrogen (secondary N) is 1. The number of rotatable bonds is 4. The van der Waals surface area contributed by atoms with Crippen molar-refractivity contribution in [2.24, 2.45) is 23.2 Å². The van der Waals surface area contributed by atoms with Crippen molar-refractivity contribution in [3.8, 4) is 0 Å². The van der Waals surface area contributed by atoms with Crippen LogP contribution in [-0.2, 0) is 9.59 Å². The van der Waals surface area contributed by atoms with E-state index in [9.17, 15) is 9.59 Å². The first-order valence-electron chi connectivity index (χ1n) is 8.88. The summed E-state index contributed by atoms with van der Waals surface area (Å²) in [6.07, 6.45) is 3.96. The molecule has 2 atom stereocenters. The average Bonchev–Trinajstić information content (AvgIpc) is 2.99. The Labute approximate surface area is 140 Å². The third-order valence-corrected chi connectivity index (χ3v) is 5.35. The molecule has 0 radical (unpaired) electrons. The highest BCUT2D eigenvalue weighted by Gasteiger charge is 2.60. The van der Waals surface area contributed by atoms with Crippen LogP contribution in [0.1, 0.15) is 54.4 Å². The van der Waals surface area contributed by atoms with E-state index in [1.54, 1.807) is 0 Å². The van der Waals surface area contributed by atoms with E-state index in [4.69, 9.17) is 0 Å². The maximum Gasteiger partial charge on any atom is 0.225 e. The highest BCUT2D eigenvalue weighted by molar-refractivity contribution is 5.84. The minimum Gasteiger partial charge on any atom is -0.353 e. The van der Waals surface area contributed by atoms with Gasteiger partial charge in [-0.15, -0.1) is 0 Å². The summed E-state index contributed by atoms with van der Waals surface area (Å²) >= 11 is 0. The lowest BCUT2D eigenvalue weighted by Gasteiger charge is -2.33. The summed E-state index contributed by atoms with van der Waals surface area (Å²) in [5.41, 5.74) is 1.34. The summed E-state index contributed by atoms with van der Waals surface area (Å²) in [5.74, 6) is 0.911. The lowest BCUT2D eigenvalue weighted by atomic mass is 10.0. The Balaban J connectivity index is 1.84. The minimum absolute atomic E-state index is 0.0539. The number of carbonyl (C=O) groups is 2. The molecule has 0 aromatic carbocycles. The maximum atomic E-state index is 12.6. The Morgan fingerprint density at radius 3 is 2.22 bits per heavy atom. The molecule has 4 heteroatoms. The number of likely N-dealkylation sites (tertiary alicyclic amines) is 1. The fourth-order valence-corrected chi connectivity index (χ4v) is 3.75. The summed E-state index contributed by atoms with van der Waals surface area (Å²) in [5, 5.41) is 3.22. The highest BCUT2D eigenvalue weighted by Crippen LogP contribution is 2.59. The standard InChI is InChI=1S/C19H32N2O2/c1-12(2)11-15-16(19(15,5)6)17(22)20-14-7-9-21(10-8-14)18(23)13(3)4/h11,13-16H,7-10H2,1-6H3,(H,20,22)/t15-,16+/m1/s1. The fourth-order valence-electron chi connectivity index (χ4n) is 3.75. The van der Waals surface area contributed by atoms with Gasteiger partial charge in [-0.1, -0.05) is 39.3 Å². The van der Waals surface area contributed by atoms with E-state index in [2.05, 4.69) is 39.1 Å². The molecule has 0 unspecified atom stereocenters. The van der Waals surface area contributed by atoms with Crippen molar-refractivity contribution in [3.05, 3.63) is 11.6 Å². The number of nitrogens with zero attached hydrogens (tertiary/aromatic N) is 1. The lowest BCUT2D eigenvalue weighted by molar-refractivity contribution is -0.135. The Bertz CT molecular complexity index is 495. The summed E-state index contributed by atoms with van der Waals surface area (Å²) in [7, 11) is 0. The molecule has 1 N–H and O–H groups in total. The van der Waals surface area contributed by atoms with Crippen molar-refractivity contribution in [3.63, 3.8) is 0 Å². The van der Waals surface area contributed by atoms with Crippen molar-refractivity contribution in [2.75, 3.05) is 13.1 Å². The van der Waals surface area contributed by atoms with Crippen molar-refractivity contribution >= 4 is 11.8 Å². The normalized spacial score (nSPS) is 26.8. The molecule has 0 spiro atoms. The molecule has 1 heterocycles. The highest BCUT2D eigenvalue weighted by atomic mass is 16.2. The van der Waals surface area contributed by atoms with Crippen molar-refractivity contribution in [1.29, 1.82) is 0 Å². The second-order valence-electron chi connectivity index (χ2n) is 8.33. The van der Waals surface area contributed by atoms with Crippen LogP contribution < -0.4 is 5.32 Å². The van der Waals surface area contributed by atoms with Crippen LogP contribution >= 0.6 is 0 Å². The maximum absolute atomic E-state index is 12.6. The van der Waals surface area contributed by atoms with E-state index < -0.39 is 0 Å². The molecule has 23 heavy (non-hydrogen) atoms. The first-order valence-corrected chi connectivity index (χ1v) is 8.88. The lowest BCUT2D eigenvalue weighted by Crippen LogP contribution is -2.48. The van der Waals surface area contributed by atoms with Crippen LogP contribution in [0.2, 0.25) is 0 Å². The molecule has 2 aliphatic rings. The second kappa shape index (κ2) is 6.66. The van der Waals surface area contributed by atoms with Crippen molar-refractivity contribution in [2.45, 2.75) is 60.4 Å². The zero-order valence-electron chi connectivity index (χ0n) is 15.5. The molecule has 1 aliphatic carbocycles.